The van der Waals surface area contributed by atoms with Crippen molar-refractivity contribution in [2.45, 2.75) is 32.3 Å². The van der Waals surface area contributed by atoms with E-state index in [4.69, 9.17) is 4.52 Å². The number of aromatic nitrogens is 2. The fraction of sp³-hybridized carbons (Fsp3) is 0.294. The normalized spacial score (nSPS) is 12.7. The van der Waals surface area contributed by atoms with E-state index in [-0.39, 0.29) is 0 Å². The summed E-state index contributed by atoms with van der Waals surface area (Å²) >= 11 is 0. The monoisotopic (exact) mass is 282 g/mol. The lowest BCUT2D eigenvalue weighted by atomic mass is 10.0. The van der Waals surface area contributed by atoms with Gasteiger partial charge >= 0.3 is 0 Å². The number of hydrogen-bond donors (Lipinski definition) is 1. The number of rotatable bonds is 5. The SMILES string of the molecule is CCCC(O)c1noc(Cc2cccc3ccccc23)n1. The summed E-state index contributed by atoms with van der Waals surface area (Å²) in [5, 5.41) is 16.1. The first kappa shape index (κ1) is 13.8. The number of hydrogen-bond acceptors (Lipinski definition) is 4. The minimum absolute atomic E-state index is 0.382. The molecule has 3 aromatic rings. The van der Waals surface area contributed by atoms with Crippen LogP contribution in [0.2, 0.25) is 0 Å². The summed E-state index contributed by atoms with van der Waals surface area (Å²) in [5.41, 5.74) is 1.15. The molecule has 3 rings (SSSR count). The van der Waals surface area contributed by atoms with Crippen molar-refractivity contribution in [3.05, 3.63) is 59.7 Å². The molecule has 0 amide bonds. The molecule has 1 atom stereocenters. The van der Waals surface area contributed by atoms with Crippen LogP contribution < -0.4 is 0 Å². The molecule has 4 nitrogen and oxygen atoms in total. The molecule has 108 valence electrons. The molecule has 2 aromatic carbocycles. The zero-order chi connectivity index (χ0) is 14.7. The van der Waals surface area contributed by atoms with Crippen LogP contribution in [0.25, 0.3) is 10.8 Å². The van der Waals surface area contributed by atoms with Gasteiger partial charge in [-0.05, 0) is 22.8 Å². The van der Waals surface area contributed by atoms with Crippen molar-refractivity contribution in [1.29, 1.82) is 0 Å². The Labute approximate surface area is 123 Å². The first-order valence-corrected chi connectivity index (χ1v) is 7.25. The van der Waals surface area contributed by atoms with Crippen LogP contribution in [-0.2, 0) is 6.42 Å². The molecule has 0 aliphatic heterocycles. The summed E-state index contributed by atoms with van der Waals surface area (Å²) in [7, 11) is 0. The highest BCUT2D eigenvalue weighted by atomic mass is 16.5. The number of fused-ring (bicyclic) bond motifs is 1. The van der Waals surface area contributed by atoms with Gasteiger partial charge in [0.1, 0.15) is 6.10 Å². The van der Waals surface area contributed by atoms with E-state index < -0.39 is 6.10 Å². The predicted molar refractivity (Wildman–Crippen MR) is 80.9 cm³/mol. The maximum absolute atomic E-state index is 9.89. The van der Waals surface area contributed by atoms with Crippen molar-refractivity contribution in [3.8, 4) is 0 Å². The van der Waals surface area contributed by atoms with Gasteiger partial charge < -0.3 is 9.63 Å². The highest BCUT2D eigenvalue weighted by molar-refractivity contribution is 5.85. The molecule has 0 fully saturated rings. The molecular formula is C17H18N2O2. The van der Waals surface area contributed by atoms with Gasteiger partial charge in [0.25, 0.3) is 0 Å². The Balaban J connectivity index is 1.86. The average Bonchev–Trinajstić information content (AvgIpc) is 2.97. The third kappa shape index (κ3) is 2.95. The molecule has 0 saturated carbocycles. The second-order valence-electron chi connectivity index (χ2n) is 5.17. The molecule has 0 radical (unpaired) electrons. The van der Waals surface area contributed by atoms with Gasteiger partial charge in [-0.2, -0.15) is 4.98 Å². The fourth-order valence-corrected chi connectivity index (χ4v) is 2.49. The minimum atomic E-state index is -0.639. The summed E-state index contributed by atoms with van der Waals surface area (Å²) in [6.45, 7) is 2.01. The van der Waals surface area contributed by atoms with Gasteiger partial charge in [0, 0.05) is 0 Å². The van der Waals surface area contributed by atoms with Gasteiger partial charge in [-0.15, -0.1) is 0 Å². The standard InChI is InChI=1S/C17H18N2O2/c1-2-6-15(20)17-18-16(21-19-17)11-13-9-5-8-12-7-3-4-10-14(12)13/h3-5,7-10,15,20H,2,6,11H2,1H3. The van der Waals surface area contributed by atoms with Crippen LogP contribution in [0.4, 0.5) is 0 Å². The van der Waals surface area contributed by atoms with E-state index in [1.54, 1.807) is 0 Å². The molecule has 1 aromatic heterocycles. The lowest BCUT2D eigenvalue weighted by Crippen LogP contribution is -1.99. The Morgan fingerprint density at radius 1 is 1.14 bits per heavy atom. The Hall–Kier alpha value is -2.20. The van der Waals surface area contributed by atoms with E-state index >= 15 is 0 Å². The summed E-state index contributed by atoms with van der Waals surface area (Å²) < 4.78 is 5.26. The molecule has 4 heteroatoms. The zero-order valence-electron chi connectivity index (χ0n) is 12.0. The maximum Gasteiger partial charge on any atom is 0.231 e. The second-order valence-corrected chi connectivity index (χ2v) is 5.17. The van der Waals surface area contributed by atoms with E-state index in [9.17, 15) is 5.11 Å². The fourth-order valence-electron chi connectivity index (χ4n) is 2.49. The molecule has 21 heavy (non-hydrogen) atoms. The van der Waals surface area contributed by atoms with Crippen LogP contribution in [-0.4, -0.2) is 15.2 Å². The summed E-state index contributed by atoms with van der Waals surface area (Å²) in [6.07, 6.45) is 1.47. The van der Waals surface area contributed by atoms with Gasteiger partial charge in [0.15, 0.2) is 5.82 Å². The van der Waals surface area contributed by atoms with Gasteiger partial charge in [0.2, 0.25) is 5.89 Å². The van der Waals surface area contributed by atoms with Crippen LogP contribution in [0.1, 0.15) is 43.1 Å². The maximum atomic E-state index is 9.89. The molecule has 0 aliphatic carbocycles. The lowest BCUT2D eigenvalue weighted by molar-refractivity contribution is 0.153. The summed E-state index contributed by atoms with van der Waals surface area (Å²) in [4.78, 5) is 4.30. The van der Waals surface area contributed by atoms with E-state index in [1.165, 1.54) is 10.8 Å². The predicted octanol–water partition coefficient (Wildman–Crippen LogP) is 3.65. The molecule has 0 aliphatic rings. The molecule has 1 N–H and O–H groups in total. The van der Waals surface area contributed by atoms with Crippen LogP contribution >= 0.6 is 0 Å². The molecule has 1 heterocycles. The average molecular weight is 282 g/mol. The Kier molecular flexibility index (Phi) is 3.97. The minimum Gasteiger partial charge on any atom is -0.385 e. The van der Waals surface area contributed by atoms with Gasteiger partial charge in [0.05, 0.1) is 6.42 Å². The topological polar surface area (TPSA) is 59.2 Å². The zero-order valence-corrected chi connectivity index (χ0v) is 12.0. The van der Waals surface area contributed by atoms with Gasteiger partial charge in [-0.1, -0.05) is 61.0 Å². The van der Waals surface area contributed by atoms with Crippen molar-refractivity contribution in [1.82, 2.24) is 10.1 Å². The quantitative estimate of drug-likeness (QED) is 0.776. The van der Waals surface area contributed by atoms with E-state index in [2.05, 4.69) is 34.4 Å². The molecular weight excluding hydrogens is 264 g/mol. The molecule has 0 spiro atoms. The summed E-state index contributed by atoms with van der Waals surface area (Å²) in [5.74, 6) is 0.920. The number of benzene rings is 2. The highest BCUT2D eigenvalue weighted by Crippen LogP contribution is 2.22. The lowest BCUT2D eigenvalue weighted by Gasteiger charge is -2.03. The Bertz CT molecular complexity index is 731. The van der Waals surface area contributed by atoms with Crippen LogP contribution in [0.5, 0.6) is 0 Å². The van der Waals surface area contributed by atoms with Crippen molar-refractivity contribution in [3.63, 3.8) is 0 Å². The highest BCUT2D eigenvalue weighted by Gasteiger charge is 2.15. The van der Waals surface area contributed by atoms with Gasteiger partial charge in [-0.3, -0.25) is 0 Å². The van der Waals surface area contributed by atoms with Crippen LogP contribution in [0.3, 0.4) is 0 Å². The molecule has 0 saturated heterocycles. The number of aliphatic hydroxyl groups excluding tert-OH is 1. The van der Waals surface area contributed by atoms with Crippen molar-refractivity contribution >= 4 is 10.8 Å². The van der Waals surface area contributed by atoms with Crippen molar-refractivity contribution in [2.24, 2.45) is 0 Å². The first-order chi connectivity index (χ1) is 10.3. The van der Waals surface area contributed by atoms with E-state index in [1.807, 2.05) is 25.1 Å². The third-order valence-electron chi connectivity index (χ3n) is 3.57. The van der Waals surface area contributed by atoms with Gasteiger partial charge in [-0.25, -0.2) is 0 Å². The van der Waals surface area contributed by atoms with Crippen LogP contribution in [0, 0.1) is 0 Å². The number of aliphatic hydroxyl groups is 1. The van der Waals surface area contributed by atoms with Crippen molar-refractivity contribution in [2.75, 3.05) is 0 Å². The summed E-state index contributed by atoms with van der Waals surface area (Å²) in [6, 6.07) is 14.4. The smallest absolute Gasteiger partial charge is 0.231 e. The third-order valence-corrected chi connectivity index (χ3v) is 3.57. The van der Waals surface area contributed by atoms with Crippen LogP contribution in [0.15, 0.2) is 47.0 Å². The van der Waals surface area contributed by atoms with Crippen molar-refractivity contribution < 1.29 is 9.63 Å². The van der Waals surface area contributed by atoms with E-state index in [0.717, 1.165) is 12.0 Å². The number of nitrogens with zero attached hydrogens (tertiary/aromatic N) is 2. The van der Waals surface area contributed by atoms with E-state index in [0.29, 0.717) is 24.6 Å². The largest absolute Gasteiger partial charge is 0.385 e. The Morgan fingerprint density at radius 2 is 1.95 bits per heavy atom. The first-order valence-electron chi connectivity index (χ1n) is 7.25. The molecule has 0 bridgehead atoms. The Morgan fingerprint density at radius 3 is 2.81 bits per heavy atom. The molecule has 1 unspecified atom stereocenters. The second kappa shape index (κ2) is 6.06.